The molecule has 0 saturated heterocycles. The maximum atomic E-state index is 12.2. The van der Waals surface area contributed by atoms with E-state index in [9.17, 15) is 4.79 Å². The van der Waals surface area contributed by atoms with Gasteiger partial charge in [-0.05, 0) is 31.1 Å². The fourth-order valence-corrected chi connectivity index (χ4v) is 3.41. The van der Waals surface area contributed by atoms with Crippen LogP contribution in [-0.4, -0.2) is 19.5 Å². The summed E-state index contributed by atoms with van der Waals surface area (Å²) in [5.74, 6) is 0.731. The Morgan fingerprint density at radius 2 is 1.59 bits per heavy atom. The van der Waals surface area contributed by atoms with Gasteiger partial charge in [0, 0.05) is 37.1 Å². The largest absolute Gasteiger partial charge is 0.325 e. The zero-order valence-electron chi connectivity index (χ0n) is 16.7. The molecule has 0 fully saturated rings. The number of nitrogens with one attached hydrogen (secondary N) is 1. The summed E-state index contributed by atoms with van der Waals surface area (Å²) in [5.41, 5.74) is 1.51. The van der Waals surface area contributed by atoms with Crippen molar-refractivity contribution in [1.82, 2.24) is 19.5 Å². The van der Waals surface area contributed by atoms with Crippen LogP contribution in [0.3, 0.4) is 0 Å². The number of nitrogens with zero attached hydrogens (tertiary/aromatic N) is 3. The molecule has 0 radical (unpaired) electrons. The predicted molar refractivity (Wildman–Crippen MR) is 113 cm³/mol. The van der Waals surface area contributed by atoms with Gasteiger partial charge in [0.2, 0.25) is 0 Å². The number of hydrogen-bond acceptors (Lipinski definition) is 4. The molecule has 0 aliphatic carbocycles. The number of aromatic amines is 1. The van der Waals surface area contributed by atoms with Gasteiger partial charge in [-0.25, -0.2) is 9.97 Å². The van der Waals surface area contributed by atoms with Crippen molar-refractivity contribution in [3.8, 4) is 0 Å². The molecule has 0 aromatic carbocycles. The Morgan fingerprint density at radius 3 is 2.22 bits per heavy atom. The normalized spacial score (nSPS) is 11.0. The van der Waals surface area contributed by atoms with Crippen molar-refractivity contribution in [2.45, 2.75) is 84.6 Å². The molecule has 0 spiro atoms. The summed E-state index contributed by atoms with van der Waals surface area (Å²) in [6.45, 7) is 4.95. The van der Waals surface area contributed by atoms with Gasteiger partial charge < -0.3 is 4.57 Å². The Bertz CT molecular complexity index is 795. The number of aryl methyl sites for hydroxylation is 2. The average molecular weight is 389 g/mol. The van der Waals surface area contributed by atoms with Gasteiger partial charge in [0.1, 0.15) is 5.82 Å². The van der Waals surface area contributed by atoms with E-state index < -0.39 is 0 Å². The van der Waals surface area contributed by atoms with Crippen LogP contribution >= 0.6 is 12.2 Å². The molecule has 2 rings (SSSR count). The maximum Gasteiger partial charge on any atom is 0.255 e. The van der Waals surface area contributed by atoms with Gasteiger partial charge in [-0.3, -0.25) is 9.78 Å². The van der Waals surface area contributed by atoms with E-state index in [0.29, 0.717) is 16.8 Å². The molecule has 1 N–H and O–H groups in total. The van der Waals surface area contributed by atoms with Crippen LogP contribution in [0.1, 0.15) is 81.7 Å². The lowest BCUT2D eigenvalue weighted by Crippen LogP contribution is -2.18. The topological polar surface area (TPSA) is 63.6 Å². The molecule has 0 atom stereocenters. The first-order valence-corrected chi connectivity index (χ1v) is 10.6. The summed E-state index contributed by atoms with van der Waals surface area (Å²) in [7, 11) is 0. The summed E-state index contributed by atoms with van der Waals surface area (Å²) in [6, 6.07) is 0. The molecule has 0 aliphatic heterocycles. The Hall–Kier alpha value is -1.82. The molecule has 2 aromatic rings. The van der Waals surface area contributed by atoms with E-state index >= 15 is 0 Å². The molecule has 0 amide bonds. The Morgan fingerprint density at radius 1 is 1.00 bits per heavy atom. The second-order valence-corrected chi connectivity index (χ2v) is 7.64. The van der Waals surface area contributed by atoms with E-state index in [4.69, 9.17) is 12.2 Å². The Kier molecular flexibility index (Phi) is 9.39. The highest BCUT2D eigenvalue weighted by atomic mass is 32.1. The molecular formula is C21H32N4OS. The van der Waals surface area contributed by atoms with Crippen molar-refractivity contribution >= 4 is 12.2 Å². The van der Waals surface area contributed by atoms with Crippen LogP contribution in [0.4, 0.5) is 0 Å². The highest BCUT2D eigenvalue weighted by molar-refractivity contribution is 7.71. The summed E-state index contributed by atoms with van der Waals surface area (Å²) >= 11 is 5.32. The standard InChI is InChI=1S/C21H32N4OS/c1-3-4-5-6-7-8-9-10-11-12-25-16-19(20(26)24-21(25)27)13-18-14-22-17(2)23-15-18/h14-16H,3-13H2,1-2H3,(H,24,26,27). The fourth-order valence-electron chi connectivity index (χ4n) is 3.17. The second kappa shape index (κ2) is 11.8. The number of aromatic nitrogens is 4. The number of H-pyrrole nitrogens is 1. The first kappa shape index (κ1) is 21.5. The van der Waals surface area contributed by atoms with Gasteiger partial charge in [-0.2, -0.15) is 0 Å². The smallest absolute Gasteiger partial charge is 0.255 e. The van der Waals surface area contributed by atoms with Crippen LogP contribution < -0.4 is 5.56 Å². The molecule has 0 unspecified atom stereocenters. The molecular weight excluding hydrogens is 356 g/mol. The van der Waals surface area contributed by atoms with Crippen molar-refractivity contribution in [2.24, 2.45) is 0 Å². The molecule has 6 heteroatoms. The lowest BCUT2D eigenvalue weighted by Gasteiger charge is -2.09. The average Bonchev–Trinajstić information content (AvgIpc) is 2.65. The predicted octanol–water partition coefficient (Wildman–Crippen LogP) is 5.13. The zero-order chi connectivity index (χ0) is 19.5. The van der Waals surface area contributed by atoms with Gasteiger partial charge in [0.15, 0.2) is 4.77 Å². The minimum absolute atomic E-state index is 0.121. The van der Waals surface area contributed by atoms with E-state index in [0.717, 1.165) is 24.4 Å². The van der Waals surface area contributed by atoms with Gasteiger partial charge >= 0.3 is 0 Å². The molecule has 5 nitrogen and oxygen atoms in total. The van der Waals surface area contributed by atoms with Crippen molar-refractivity contribution in [3.63, 3.8) is 0 Å². The molecule has 2 aromatic heterocycles. The second-order valence-electron chi connectivity index (χ2n) is 7.25. The molecule has 0 aliphatic rings. The third-order valence-electron chi connectivity index (χ3n) is 4.82. The summed E-state index contributed by atoms with van der Waals surface area (Å²) < 4.78 is 2.49. The minimum Gasteiger partial charge on any atom is -0.325 e. The summed E-state index contributed by atoms with van der Waals surface area (Å²) in [5, 5.41) is 0. The first-order chi connectivity index (χ1) is 13.1. The van der Waals surface area contributed by atoms with Crippen LogP contribution in [0.5, 0.6) is 0 Å². The van der Waals surface area contributed by atoms with Crippen LogP contribution in [0.25, 0.3) is 0 Å². The van der Waals surface area contributed by atoms with Crippen LogP contribution in [0, 0.1) is 11.7 Å². The quantitative estimate of drug-likeness (QED) is 0.404. The van der Waals surface area contributed by atoms with Crippen LogP contribution in [0.2, 0.25) is 0 Å². The maximum absolute atomic E-state index is 12.2. The van der Waals surface area contributed by atoms with Gasteiger partial charge in [0.05, 0.1) is 0 Å². The minimum atomic E-state index is -0.121. The summed E-state index contributed by atoms with van der Waals surface area (Å²) in [4.78, 5) is 23.4. The molecule has 148 valence electrons. The van der Waals surface area contributed by atoms with E-state index in [1.165, 1.54) is 51.4 Å². The number of hydrogen-bond donors (Lipinski definition) is 1. The van der Waals surface area contributed by atoms with Gasteiger partial charge in [0.25, 0.3) is 5.56 Å². The van der Waals surface area contributed by atoms with Crippen molar-refractivity contribution in [2.75, 3.05) is 0 Å². The summed E-state index contributed by atoms with van der Waals surface area (Å²) in [6.07, 6.45) is 17.6. The van der Waals surface area contributed by atoms with E-state index in [-0.39, 0.29) is 5.56 Å². The number of unbranched alkanes of at least 4 members (excludes halogenated alkanes) is 8. The lowest BCUT2D eigenvalue weighted by molar-refractivity contribution is 0.531. The highest BCUT2D eigenvalue weighted by Crippen LogP contribution is 2.10. The fraction of sp³-hybridized carbons (Fsp3) is 0.619. The van der Waals surface area contributed by atoms with Gasteiger partial charge in [-0.1, -0.05) is 58.3 Å². The van der Waals surface area contributed by atoms with Crippen molar-refractivity contribution < 1.29 is 0 Å². The molecule has 27 heavy (non-hydrogen) atoms. The van der Waals surface area contributed by atoms with Crippen molar-refractivity contribution in [3.05, 3.63) is 50.7 Å². The van der Waals surface area contributed by atoms with E-state index in [1.807, 2.05) is 17.7 Å². The van der Waals surface area contributed by atoms with E-state index in [2.05, 4.69) is 21.9 Å². The third-order valence-corrected chi connectivity index (χ3v) is 5.15. The molecule has 2 heterocycles. The van der Waals surface area contributed by atoms with Gasteiger partial charge in [-0.15, -0.1) is 0 Å². The molecule has 0 saturated carbocycles. The monoisotopic (exact) mass is 388 g/mol. The van der Waals surface area contributed by atoms with Crippen molar-refractivity contribution in [1.29, 1.82) is 0 Å². The number of rotatable bonds is 12. The first-order valence-electron chi connectivity index (χ1n) is 10.2. The molecule has 0 bridgehead atoms. The third kappa shape index (κ3) is 7.75. The van der Waals surface area contributed by atoms with Crippen LogP contribution in [0.15, 0.2) is 23.4 Å². The Labute approximate surface area is 167 Å². The van der Waals surface area contributed by atoms with Crippen LogP contribution in [-0.2, 0) is 13.0 Å². The highest BCUT2D eigenvalue weighted by Gasteiger charge is 2.05. The SMILES string of the molecule is CCCCCCCCCCCn1cc(Cc2cnc(C)nc2)c(=O)[nH]c1=S. The Balaban J connectivity index is 1.82. The van der Waals surface area contributed by atoms with E-state index in [1.54, 1.807) is 12.4 Å². The zero-order valence-corrected chi connectivity index (χ0v) is 17.5. The lowest BCUT2D eigenvalue weighted by atomic mass is 10.1.